The van der Waals surface area contributed by atoms with Crippen molar-refractivity contribution in [2.75, 3.05) is 11.9 Å². The van der Waals surface area contributed by atoms with Crippen molar-refractivity contribution in [2.45, 2.75) is 41.5 Å². The van der Waals surface area contributed by atoms with E-state index in [0.29, 0.717) is 0 Å². The Morgan fingerprint density at radius 3 is 2.45 bits per heavy atom. The van der Waals surface area contributed by atoms with E-state index >= 15 is 0 Å². The van der Waals surface area contributed by atoms with Gasteiger partial charge in [0.1, 0.15) is 0 Å². The minimum absolute atomic E-state index is 0.0335. The Balaban J connectivity index is 2.52. The summed E-state index contributed by atoms with van der Waals surface area (Å²) in [7, 11) is 0. The zero-order valence-corrected chi connectivity index (χ0v) is 13.3. The van der Waals surface area contributed by atoms with Crippen molar-refractivity contribution in [3.8, 4) is 0 Å². The fourth-order valence-electron chi connectivity index (χ4n) is 1.54. The number of nitrogens with one attached hydrogen (secondary N) is 2. The van der Waals surface area contributed by atoms with Crippen molar-refractivity contribution in [1.82, 2.24) is 5.43 Å². The van der Waals surface area contributed by atoms with Crippen LogP contribution in [0.1, 0.15) is 38.8 Å². The lowest BCUT2D eigenvalue weighted by molar-refractivity contribution is -0.119. The van der Waals surface area contributed by atoms with Crippen LogP contribution >= 0.6 is 0 Å². The molecule has 0 aliphatic heterocycles. The van der Waals surface area contributed by atoms with Crippen molar-refractivity contribution in [1.29, 1.82) is 0 Å². The lowest BCUT2D eigenvalue weighted by Crippen LogP contribution is -2.29. The number of carbonyl (C=O) groups is 1. The number of hydrogen-bond acceptors (Lipinski definition) is 3. The van der Waals surface area contributed by atoms with Crippen LogP contribution in [0.4, 0.5) is 5.69 Å². The van der Waals surface area contributed by atoms with Crippen LogP contribution in [0.3, 0.4) is 0 Å². The van der Waals surface area contributed by atoms with Crippen LogP contribution in [0.15, 0.2) is 23.3 Å². The first-order valence-corrected chi connectivity index (χ1v) is 6.85. The van der Waals surface area contributed by atoms with Crippen molar-refractivity contribution < 1.29 is 4.79 Å². The van der Waals surface area contributed by atoms with Gasteiger partial charge in [-0.1, -0.05) is 38.5 Å². The quantitative estimate of drug-likeness (QED) is 0.654. The minimum atomic E-state index is -0.145. The first kappa shape index (κ1) is 16.2. The molecule has 0 aliphatic carbocycles. The first-order valence-electron chi connectivity index (χ1n) is 6.85. The number of benzene rings is 1. The smallest absolute Gasteiger partial charge is 0.259 e. The zero-order chi connectivity index (χ0) is 15.3. The molecule has 20 heavy (non-hydrogen) atoms. The second-order valence-corrected chi connectivity index (χ2v) is 6.15. The van der Waals surface area contributed by atoms with E-state index in [1.807, 2.05) is 32.9 Å². The predicted molar refractivity (Wildman–Crippen MR) is 85.1 cm³/mol. The highest BCUT2D eigenvalue weighted by atomic mass is 16.2. The molecule has 0 heterocycles. The molecule has 0 radical (unpaired) electrons. The maximum Gasteiger partial charge on any atom is 0.259 e. The van der Waals surface area contributed by atoms with Crippen molar-refractivity contribution in [2.24, 2.45) is 10.5 Å². The average molecular weight is 275 g/mol. The lowest BCUT2D eigenvalue weighted by atomic mass is 9.91. The van der Waals surface area contributed by atoms with E-state index in [0.717, 1.165) is 17.0 Å². The van der Waals surface area contributed by atoms with Gasteiger partial charge < -0.3 is 5.32 Å². The van der Waals surface area contributed by atoms with E-state index in [1.165, 1.54) is 5.56 Å². The molecule has 4 nitrogen and oxygen atoms in total. The molecule has 1 amide bonds. The fraction of sp³-hybridized carbons (Fsp3) is 0.500. The summed E-state index contributed by atoms with van der Waals surface area (Å²) in [6.45, 7) is 12.4. The Morgan fingerprint density at radius 1 is 1.25 bits per heavy atom. The number of hydrogen-bond donors (Lipinski definition) is 2. The second kappa shape index (κ2) is 6.55. The number of aryl methyl sites for hydroxylation is 2. The van der Waals surface area contributed by atoms with Gasteiger partial charge >= 0.3 is 0 Å². The molecule has 0 unspecified atom stereocenters. The Labute approximate surface area is 121 Å². The van der Waals surface area contributed by atoms with Crippen molar-refractivity contribution in [3.63, 3.8) is 0 Å². The molecule has 1 aromatic rings. The first-order chi connectivity index (χ1) is 9.20. The molecule has 0 saturated heterocycles. The molecule has 1 rings (SSSR count). The van der Waals surface area contributed by atoms with Gasteiger partial charge in [-0.15, -0.1) is 0 Å². The lowest BCUT2D eigenvalue weighted by Gasteiger charge is -2.17. The van der Waals surface area contributed by atoms with Gasteiger partial charge in [-0.2, -0.15) is 5.10 Å². The maximum atomic E-state index is 11.7. The summed E-state index contributed by atoms with van der Waals surface area (Å²) in [6.07, 6.45) is 0. The number of amides is 1. The minimum Gasteiger partial charge on any atom is -0.376 e. The summed E-state index contributed by atoms with van der Waals surface area (Å²) in [5.74, 6) is -0.145. The van der Waals surface area contributed by atoms with Crippen LogP contribution in [-0.4, -0.2) is 18.2 Å². The normalized spacial score (nSPS) is 12.2. The van der Waals surface area contributed by atoms with Crippen LogP contribution < -0.4 is 10.7 Å². The maximum absolute atomic E-state index is 11.7. The Bertz CT molecular complexity index is 513. The topological polar surface area (TPSA) is 53.5 Å². The summed E-state index contributed by atoms with van der Waals surface area (Å²) in [5.41, 5.74) is 6.76. The third-order valence-electron chi connectivity index (χ3n) is 3.26. The number of hydrazone groups is 1. The number of carbonyl (C=O) groups excluding carboxylic acids is 1. The molecule has 2 N–H and O–H groups in total. The Kier molecular flexibility index (Phi) is 5.31. The molecular weight excluding hydrogens is 250 g/mol. The van der Waals surface area contributed by atoms with Crippen LogP contribution in [0, 0.1) is 19.3 Å². The van der Waals surface area contributed by atoms with Crippen LogP contribution in [-0.2, 0) is 4.79 Å². The van der Waals surface area contributed by atoms with Gasteiger partial charge in [0.15, 0.2) is 0 Å². The van der Waals surface area contributed by atoms with Crippen LogP contribution in [0.25, 0.3) is 0 Å². The number of rotatable bonds is 4. The molecule has 0 atom stereocenters. The highest BCUT2D eigenvalue weighted by Gasteiger charge is 2.14. The van der Waals surface area contributed by atoms with E-state index < -0.39 is 0 Å². The number of anilines is 1. The molecule has 110 valence electrons. The second-order valence-electron chi connectivity index (χ2n) is 6.15. The molecule has 0 fully saturated rings. The van der Waals surface area contributed by atoms with Crippen LogP contribution in [0.2, 0.25) is 0 Å². The molecule has 4 heteroatoms. The Morgan fingerprint density at radius 2 is 1.90 bits per heavy atom. The van der Waals surface area contributed by atoms with Gasteiger partial charge in [0.05, 0.1) is 6.54 Å². The molecule has 0 bridgehead atoms. The predicted octanol–water partition coefficient (Wildman–Crippen LogP) is 3.25. The molecular formula is C16H25N3O. The highest BCUT2D eigenvalue weighted by molar-refractivity contribution is 5.89. The van der Waals surface area contributed by atoms with Crippen LogP contribution in [0.5, 0.6) is 0 Å². The van der Waals surface area contributed by atoms with E-state index in [2.05, 4.69) is 42.7 Å². The number of nitrogens with zero attached hydrogens (tertiary/aromatic N) is 1. The molecule has 0 aromatic heterocycles. The Hall–Kier alpha value is -1.84. The van der Waals surface area contributed by atoms with E-state index in [9.17, 15) is 4.79 Å². The van der Waals surface area contributed by atoms with Gasteiger partial charge in [-0.05, 0) is 32.4 Å². The monoisotopic (exact) mass is 275 g/mol. The van der Waals surface area contributed by atoms with Crippen molar-refractivity contribution in [3.05, 3.63) is 29.3 Å². The third kappa shape index (κ3) is 5.03. The van der Waals surface area contributed by atoms with Gasteiger partial charge in [0.25, 0.3) is 5.91 Å². The standard InChI is InChI=1S/C16H25N3O/c1-11-7-8-14(12(2)9-11)17-10-15(20)19-18-13(3)16(4,5)6/h7-9,17H,10H2,1-6H3,(H,19,20)/b18-13+. The van der Waals surface area contributed by atoms with E-state index in [4.69, 9.17) is 0 Å². The third-order valence-corrected chi connectivity index (χ3v) is 3.26. The summed E-state index contributed by atoms with van der Waals surface area (Å²) >= 11 is 0. The summed E-state index contributed by atoms with van der Waals surface area (Å²) in [6, 6.07) is 6.10. The average Bonchev–Trinajstić information content (AvgIpc) is 2.33. The zero-order valence-electron chi connectivity index (χ0n) is 13.3. The summed E-state index contributed by atoms with van der Waals surface area (Å²) in [4.78, 5) is 11.7. The fourth-order valence-corrected chi connectivity index (χ4v) is 1.54. The molecule has 1 aromatic carbocycles. The molecule has 0 saturated carbocycles. The summed E-state index contributed by atoms with van der Waals surface area (Å²) in [5, 5.41) is 7.24. The van der Waals surface area contributed by atoms with Gasteiger partial charge in [0, 0.05) is 16.8 Å². The molecule has 0 spiro atoms. The molecule has 0 aliphatic rings. The highest BCUT2D eigenvalue weighted by Crippen LogP contribution is 2.16. The summed E-state index contributed by atoms with van der Waals surface area (Å²) < 4.78 is 0. The van der Waals surface area contributed by atoms with E-state index in [-0.39, 0.29) is 17.9 Å². The van der Waals surface area contributed by atoms with Gasteiger partial charge in [-0.3, -0.25) is 4.79 Å². The van der Waals surface area contributed by atoms with Gasteiger partial charge in [0.2, 0.25) is 0 Å². The SMILES string of the molecule is C/C(=N\NC(=O)CNc1ccc(C)cc1C)C(C)(C)C. The van der Waals surface area contributed by atoms with E-state index in [1.54, 1.807) is 0 Å². The largest absolute Gasteiger partial charge is 0.376 e. The van der Waals surface area contributed by atoms with Crippen molar-refractivity contribution >= 4 is 17.3 Å². The van der Waals surface area contributed by atoms with Gasteiger partial charge in [-0.25, -0.2) is 5.43 Å².